The molecule has 0 saturated carbocycles. The van der Waals surface area contributed by atoms with Crippen molar-refractivity contribution in [1.29, 1.82) is 0 Å². The fourth-order valence-corrected chi connectivity index (χ4v) is 6.80. The van der Waals surface area contributed by atoms with Gasteiger partial charge in [-0.1, -0.05) is 115 Å². The molecular formula is C46H31N5. The SMILES string of the molecule is c1ccc(-c2cccc(-c3ccccc3)c2-n2nc3cc(-c4cccc(-c5ccncc5)c4)cc(-c4cccc(-c5ccncc5)c4)c3n2)cc1. The van der Waals surface area contributed by atoms with Crippen molar-refractivity contribution in [2.45, 2.75) is 0 Å². The first-order valence-corrected chi connectivity index (χ1v) is 17.0. The molecule has 0 amide bonds. The highest BCUT2D eigenvalue weighted by atomic mass is 15.5. The molecule has 3 heterocycles. The summed E-state index contributed by atoms with van der Waals surface area (Å²) < 4.78 is 0. The summed E-state index contributed by atoms with van der Waals surface area (Å²) >= 11 is 0. The quantitative estimate of drug-likeness (QED) is 0.172. The second-order valence-corrected chi connectivity index (χ2v) is 12.4. The first-order chi connectivity index (χ1) is 25.3. The number of rotatable bonds is 7. The normalized spacial score (nSPS) is 11.1. The van der Waals surface area contributed by atoms with E-state index in [0.29, 0.717) is 0 Å². The number of para-hydroxylation sites is 1. The lowest BCUT2D eigenvalue weighted by Gasteiger charge is -2.14. The van der Waals surface area contributed by atoms with E-state index in [1.807, 2.05) is 66.0 Å². The van der Waals surface area contributed by atoms with Crippen LogP contribution in [0.5, 0.6) is 0 Å². The zero-order valence-corrected chi connectivity index (χ0v) is 27.6. The van der Waals surface area contributed by atoms with Gasteiger partial charge in [0.1, 0.15) is 16.7 Å². The van der Waals surface area contributed by atoms with Crippen molar-refractivity contribution in [2.75, 3.05) is 0 Å². The van der Waals surface area contributed by atoms with Crippen LogP contribution in [0.3, 0.4) is 0 Å². The molecule has 5 heteroatoms. The van der Waals surface area contributed by atoms with Crippen LogP contribution in [0.15, 0.2) is 189 Å². The summed E-state index contributed by atoms with van der Waals surface area (Å²) in [6.45, 7) is 0. The van der Waals surface area contributed by atoms with Gasteiger partial charge in [0.05, 0.1) is 0 Å². The van der Waals surface area contributed by atoms with Gasteiger partial charge in [-0.3, -0.25) is 9.97 Å². The van der Waals surface area contributed by atoms with Crippen LogP contribution < -0.4 is 0 Å². The highest BCUT2D eigenvalue weighted by Crippen LogP contribution is 2.39. The average Bonchev–Trinajstić information content (AvgIpc) is 3.66. The molecule has 240 valence electrons. The summed E-state index contributed by atoms with van der Waals surface area (Å²) in [6.07, 6.45) is 7.32. The molecule has 0 aliphatic carbocycles. The Morgan fingerprint density at radius 1 is 0.314 bits per heavy atom. The molecule has 0 bridgehead atoms. The lowest BCUT2D eigenvalue weighted by molar-refractivity contribution is 0.769. The van der Waals surface area contributed by atoms with Crippen LogP contribution in [0.25, 0.3) is 83.5 Å². The highest BCUT2D eigenvalue weighted by molar-refractivity contribution is 5.97. The number of pyridine rings is 2. The minimum atomic E-state index is 0.813. The van der Waals surface area contributed by atoms with Crippen LogP contribution >= 0.6 is 0 Å². The molecule has 5 nitrogen and oxygen atoms in total. The van der Waals surface area contributed by atoms with Crippen LogP contribution in [0.2, 0.25) is 0 Å². The van der Waals surface area contributed by atoms with Gasteiger partial charge in [0, 0.05) is 41.5 Å². The summed E-state index contributed by atoms with van der Waals surface area (Å²) in [5.41, 5.74) is 15.6. The molecule has 3 aromatic heterocycles. The smallest absolute Gasteiger partial charge is 0.121 e. The zero-order chi connectivity index (χ0) is 34.0. The summed E-state index contributed by atoms with van der Waals surface area (Å²) in [6, 6.07) is 57.2. The van der Waals surface area contributed by atoms with Gasteiger partial charge in [0.15, 0.2) is 0 Å². The Balaban J connectivity index is 1.29. The second-order valence-electron chi connectivity index (χ2n) is 12.4. The van der Waals surface area contributed by atoms with Crippen LogP contribution in [0, 0.1) is 0 Å². The Bertz CT molecular complexity index is 2560. The van der Waals surface area contributed by atoms with Crippen molar-refractivity contribution in [3.05, 3.63) is 189 Å². The van der Waals surface area contributed by atoms with E-state index in [0.717, 1.165) is 83.5 Å². The Labute approximate surface area is 296 Å². The van der Waals surface area contributed by atoms with E-state index in [1.165, 1.54) is 0 Å². The average molecular weight is 654 g/mol. The fourth-order valence-electron chi connectivity index (χ4n) is 6.80. The topological polar surface area (TPSA) is 56.5 Å². The molecule has 0 aliphatic rings. The summed E-state index contributed by atoms with van der Waals surface area (Å²) in [5, 5.41) is 10.6. The Hall–Kier alpha value is -6.98. The van der Waals surface area contributed by atoms with Gasteiger partial charge in [-0.05, 0) is 98.6 Å². The van der Waals surface area contributed by atoms with Crippen molar-refractivity contribution in [3.63, 3.8) is 0 Å². The van der Waals surface area contributed by atoms with Gasteiger partial charge in [0.2, 0.25) is 0 Å². The Morgan fingerprint density at radius 2 is 0.784 bits per heavy atom. The monoisotopic (exact) mass is 653 g/mol. The molecule has 0 N–H and O–H groups in total. The standard InChI is InChI=1S/C46H31N5/c1-3-10-34(11-4-1)41-18-9-19-42(35-12-5-2-6-13-35)46(41)51-49-44-31-40(38-16-7-14-36(28-38)32-20-24-47-25-21-32)30-43(45(44)50-51)39-17-8-15-37(29-39)33-22-26-48-27-23-33/h1-31H. The molecule has 0 aliphatic heterocycles. The predicted octanol–water partition coefficient (Wildman–Crippen LogP) is 11.2. The Kier molecular flexibility index (Phi) is 7.76. The molecule has 9 aromatic rings. The van der Waals surface area contributed by atoms with Crippen LogP contribution in [-0.4, -0.2) is 25.0 Å². The number of hydrogen-bond donors (Lipinski definition) is 0. The van der Waals surface area contributed by atoms with Gasteiger partial charge in [-0.15, -0.1) is 15.0 Å². The first kappa shape index (κ1) is 30.1. The van der Waals surface area contributed by atoms with E-state index < -0.39 is 0 Å². The highest BCUT2D eigenvalue weighted by Gasteiger charge is 2.20. The van der Waals surface area contributed by atoms with Gasteiger partial charge in [-0.2, -0.15) is 0 Å². The molecule has 0 atom stereocenters. The maximum atomic E-state index is 5.32. The van der Waals surface area contributed by atoms with E-state index in [9.17, 15) is 0 Å². The molecule has 9 rings (SSSR count). The minimum absolute atomic E-state index is 0.813. The molecular weight excluding hydrogens is 623 g/mol. The second kappa shape index (κ2) is 13.1. The maximum Gasteiger partial charge on any atom is 0.121 e. The summed E-state index contributed by atoms with van der Waals surface area (Å²) in [5.74, 6) is 0. The van der Waals surface area contributed by atoms with Crippen molar-refractivity contribution in [2.24, 2.45) is 0 Å². The van der Waals surface area contributed by atoms with Gasteiger partial charge in [-0.25, -0.2) is 0 Å². The third kappa shape index (κ3) is 5.87. The minimum Gasteiger partial charge on any atom is -0.265 e. The molecule has 51 heavy (non-hydrogen) atoms. The van der Waals surface area contributed by atoms with E-state index in [2.05, 4.69) is 137 Å². The summed E-state index contributed by atoms with van der Waals surface area (Å²) in [7, 11) is 0. The van der Waals surface area contributed by atoms with Crippen LogP contribution in [0.1, 0.15) is 0 Å². The van der Waals surface area contributed by atoms with E-state index in [-0.39, 0.29) is 0 Å². The van der Waals surface area contributed by atoms with Gasteiger partial charge in [0.25, 0.3) is 0 Å². The molecule has 0 fully saturated rings. The number of nitrogens with zero attached hydrogens (tertiary/aromatic N) is 5. The van der Waals surface area contributed by atoms with Crippen LogP contribution in [-0.2, 0) is 0 Å². The third-order valence-corrected chi connectivity index (χ3v) is 9.29. The maximum absolute atomic E-state index is 5.32. The molecule has 6 aromatic carbocycles. The number of aromatic nitrogens is 5. The lowest BCUT2D eigenvalue weighted by Crippen LogP contribution is -2.04. The van der Waals surface area contributed by atoms with Crippen LogP contribution in [0.4, 0.5) is 0 Å². The van der Waals surface area contributed by atoms with E-state index >= 15 is 0 Å². The Morgan fingerprint density at radius 3 is 1.35 bits per heavy atom. The van der Waals surface area contributed by atoms with Crippen molar-refractivity contribution < 1.29 is 0 Å². The molecule has 0 unspecified atom stereocenters. The van der Waals surface area contributed by atoms with E-state index in [4.69, 9.17) is 10.2 Å². The third-order valence-electron chi connectivity index (χ3n) is 9.29. The van der Waals surface area contributed by atoms with E-state index in [1.54, 1.807) is 0 Å². The number of benzene rings is 6. The zero-order valence-electron chi connectivity index (χ0n) is 27.6. The molecule has 0 radical (unpaired) electrons. The number of fused-ring (bicyclic) bond motifs is 1. The summed E-state index contributed by atoms with van der Waals surface area (Å²) in [4.78, 5) is 10.3. The van der Waals surface area contributed by atoms with Crippen molar-refractivity contribution in [3.8, 4) is 72.4 Å². The largest absolute Gasteiger partial charge is 0.265 e. The fraction of sp³-hybridized carbons (Fsp3) is 0. The molecule has 0 spiro atoms. The first-order valence-electron chi connectivity index (χ1n) is 17.0. The van der Waals surface area contributed by atoms with Gasteiger partial charge >= 0.3 is 0 Å². The van der Waals surface area contributed by atoms with Crippen molar-refractivity contribution >= 4 is 11.0 Å². The lowest BCUT2D eigenvalue weighted by atomic mass is 9.94. The van der Waals surface area contributed by atoms with Gasteiger partial charge < -0.3 is 0 Å². The predicted molar refractivity (Wildman–Crippen MR) is 207 cm³/mol. The van der Waals surface area contributed by atoms with Crippen molar-refractivity contribution in [1.82, 2.24) is 25.0 Å². The number of hydrogen-bond acceptors (Lipinski definition) is 4. The molecule has 0 saturated heterocycles.